The molecule has 1 amide bonds. The van der Waals surface area contributed by atoms with E-state index in [1.54, 1.807) is 12.1 Å². The van der Waals surface area contributed by atoms with Gasteiger partial charge in [0.25, 0.3) is 5.91 Å². The first-order chi connectivity index (χ1) is 11.6. The van der Waals surface area contributed by atoms with Crippen molar-refractivity contribution < 1.29 is 13.2 Å². The average Bonchev–Trinajstić information content (AvgIpc) is 2.56. The van der Waals surface area contributed by atoms with E-state index in [4.69, 9.17) is 0 Å². The lowest BCUT2D eigenvalue weighted by atomic mass is 10.00. The van der Waals surface area contributed by atoms with E-state index >= 15 is 0 Å². The second-order valence-corrected chi connectivity index (χ2v) is 8.52. The smallest absolute Gasteiger partial charge is 0.251 e. The van der Waals surface area contributed by atoms with Crippen LogP contribution in [-0.4, -0.2) is 32.7 Å². The summed E-state index contributed by atoms with van der Waals surface area (Å²) in [5.74, 6) is -0.302. The predicted octanol–water partition coefficient (Wildman–Crippen LogP) is 3.04. The van der Waals surface area contributed by atoms with Gasteiger partial charge in [-0.3, -0.25) is 4.79 Å². The van der Waals surface area contributed by atoms with Crippen LogP contribution in [0.4, 0.5) is 0 Å². The van der Waals surface area contributed by atoms with Crippen LogP contribution < -0.4 is 5.32 Å². The molecule has 0 aliphatic carbocycles. The van der Waals surface area contributed by atoms with Gasteiger partial charge in [-0.2, -0.15) is 0 Å². The van der Waals surface area contributed by atoms with Gasteiger partial charge in [-0.1, -0.05) is 29.8 Å². The van der Waals surface area contributed by atoms with Crippen LogP contribution >= 0.6 is 0 Å². The van der Waals surface area contributed by atoms with Gasteiger partial charge in [-0.05, 0) is 50.1 Å². The zero-order valence-electron chi connectivity index (χ0n) is 15.2. The number of nitrogens with zero attached hydrogens (tertiary/aromatic N) is 1. The number of aryl methyl sites for hydroxylation is 2. The van der Waals surface area contributed by atoms with Crippen molar-refractivity contribution in [2.45, 2.75) is 31.7 Å². The van der Waals surface area contributed by atoms with Crippen LogP contribution in [0.5, 0.6) is 0 Å². The summed E-state index contributed by atoms with van der Waals surface area (Å²) in [5, 5.41) is 2.94. The fourth-order valence-electron chi connectivity index (χ4n) is 2.59. The molecule has 2 aromatic carbocycles. The van der Waals surface area contributed by atoms with Gasteiger partial charge in [0.15, 0.2) is 0 Å². The van der Waals surface area contributed by atoms with E-state index in [-0.39, 0.29) is 16.8 Å². The molecule has 0 unspecified atom stereocenters. The molecule has 0 saturated heterocycles. The summed E-state index contributed by atoms with van der Waals surface area (Å²) in [7, 11) is -0.647. The van der Waals surface area contributed by atoms with Crippen LogP contribution in [-0.2, 0) is 10.0 Å². The molecule has 0 aliphatic rings. The number of rotatable bonds is 5. The number of carbonyl (C=O) groups excluding carboxylic acids is 1. The average molecular weight is 360 g/mol. The summed E-state index contributed by atoms with van der Waals surface area (Å²) >= 11 is 0. The second kappa shape index (κ2) is 7.37. The van der Waals surface area contributed by atoms with E-state index in [1.165, 1.54) is 26.2 Å². The standard InChI is InChI=1S/C19H24N2O3S/c1-13-9-10-14(2)18(11-13)15(3)20-19(22)16-7-6-8-17(12-16)25(23,24)21(4)5/h6-12,15H,1-5H3,(H,20,22)/t15-/m0/s1. The normalized spacial score (nSPS) is 12.9. The maximum Gasteiger partial charge on any atom is 0.251 e. The molecule has 0 heterocycles. The highest BCUT2D eigenvalue weighted by atomic mass is 32.2. The lowest BCUT2D eigenvalue weighted by Crippen LogP contribution is -2.28. The Bertz CT molecular complexity index is 889. The molecular formula is C19H24N2O3S. The zero-order chi connectivity index (χ0) is 18.8. The van der Waals surface area contributed by atoms with Gasteiger partial charge < -0.3 is 5.32 Å². The molecule has 1 atom stereocenters. The molecule has 0 spiro atoms. The molecule has 134 valence electrons. The molecule has 1 N–H and O–H groups in total. The molecule has 6 heteroatoms. The first-order valence-electron chi connectivity index (χ1n) is 8.03. The Hall–Kier alpha value is -2.18. The number of amides is 1. The number of nitrogens with one attached hydrogen (secondary N) is 1. The third kappa shape index (κ3) is 4.27. The Balaban J connectivity index is 2.26. The summed E-state index contributed by atoms with van der Waals surface area (Å²) in [6.45, 7) is 5.93. The highest BCUT2D eigenvalue weighted by molar-refractivity contribution is 7.89. The lowest BCUT2D eigenvalue weighted by Gasteiger charge is -2.18. The third-order valence-electron chi connectivity index (χ3n) is 4.12. The monoisotopic (exact) mass is 360 g/mol. The Morgan fingerprint density at radius 1 is 1.08 bits per heavy atom. The van der Waals surface area contributed by atoms with Gasteiger partial charge in [0.2, 0.25) is 10.0 Å². The van der Waals surface area contributed by atoms with Gasteiger partial charge in [-0.15, -0.1) is 0 Å². The molecule has 0 bridgehead atoms. The number of benzene rings is 2. The Kier molecular flexibility index (Phi) is 5.65. The van der Waals surface area contributed by atoms with Crippen molar-refractivity contribution in [3.8, 4) is 0 Å². The molecule has 25 heavy (non-hydrogen) atoms. The second-order valence-electron chi connectivity index (χ2n) is 6.37. The van der Waals surface area contributed by atoms with Crippen molar-refractivity contribution >= 4 is 15.9 Å². The van der Waals surface area contributed by atoms with Crippen molar-refractivity contribution in [3.05, 3.63) is 64.7 Å². The summed E-state index contributed by atoms with van der Waals surface area (Å²) in [6.07, 6.45) is 0. The number of hydrogen-bond acceptors (Lipinski definition) is 3. The van der Waals surface area contributed by atoms with Crippen LogP contribution in [0.3, 0.4) is 0 Å². The molecule has 0 aliphatic heterocycles. The van der Waals surface area contributed by atoms with E-state index in [0.29, 0.717) is 5.56 Å². The number of sulfonamides is 1. The van der Waals surface area contributed by atoms with Crippen molar-refractivity contribution in [2.75, 3.05) is 14.1 Å². The van der Waals surface area contributed by atoms with E-state index in [2.05, 4.69) is 5.32 Å². The topological polar surface area (TPSA) is 66.5 Å². The molecule has 0 saturated carbocycles. The first kappa shape index (κ1) is 19.1. The molecule has 0 fully saturated rings. The molecule has 0 radical (unpaired) electrons. The maximum atomic E-state index is 12.6. The largest absolute Gasteiger partial charge is 0.346 e. The van der Waals surface area contributed by atoms with Gasteiger partial charge >= 0.3 is 0 Å². The highest BCUT2D eigenvalue weighted by Crippen LogP contribution is 2.20. The fourth-order valence-corrected chi connectivity index (χ4v) is 3.54. The first-order valence-corrected chi connectivity index (χ1v) is 9.47. The van der Waals surface area contributed by atoms with Gasteiger partial charge in [0, 0.05) is 19.7 Å². The van der Waals surface area contributed by atoms with E-state index in [0.717, 1.165) is 21.0 Å². The van der Waals surface area contributed by atoms with Crippen LogP contribution in [0.15, 0.2) is 47.4 Å². The lowest BCUT2D eigenvalue weighted by molar-refractivity contribution is 0.0939. The van der Waals surface area contributed by atoms with Crippen LogP contribution in [0.25, 0.3) is 0 Å². The minimum atomic E-state index is -3.57. The van der Waals surface area contributed by atoms with E-state index in [1.807, 2.05) is 39.0 Å². The molecule has 2 aromatic rings. The van der Waals surface area contributed by atoms with Crippen molar-refractivity contribution in [3.63, 3.8) is 0 Å². The van der Waals surface area contributed by atoms with Gasteiger partial charge in [-0.25, -0.2) is 12.7 Å². The van der Waals surface area contributed by atoms with Crippen molar-refractivity contribution in [2.24, 2.45) is 0 Å². The quantitative estimate of drug-likeness (QED) is 0.891. The Labute approximate surface area is 149 Å². The van der Waals surface area contributed by atoms with E-state index in [9.17, 15) is 13.2 Å². The SMILES string of the molecule is Cc1ccc(C)c([C@H](C)NC(=O)c2cccc(S(=O)(=O)N(C)C)c2)c1. The fraction of sp³-hybridized carbons (Fsp3) is 0.316. The summed E-state index contributed by atoms with van der Waals surface area (Å²) in [4.78, 5) is 12.7. The number of carbonyl (C=O) groups is 1. The Morgan fingerprint density at radius 2 is 1.76 bits per heavy atom. The molecular weight excluding hydrogens is 336 g/mol. The molecule has 2 rings (SSSR count). The summed E-state index contributed by atoms with van der Waals surface area (Å²) < 4.78 is 25.6. The van der Waals surface area contributed by atoms with Gasteiger partial charge in [0.05, 0.1) is 10.9 Å². The van der Waals surface area contributed by atoms with E-state index < -0.39 is 10.0 Å². The zero-order valence-corrected chi connectivity index (χ0v) is 16.0. The third-order valence-corrected chi connectivity index (χ3v) is 5.93. The summed E-state index contributed by atoms with van der Waals surface area (Å²) in [5.41, 5.74) is 3.59. The minimum absolute atomic E-state index is 0.101. The van der Waals surface area contributed by atoms with Crippen molar-refractivity contribution in [1.82, 2.24) is 9.62 Å². The van der Waals surface area contributed by atoms with Gasteiger partial charge in [0.1, 0.15) is 0 Å². The Morgan fingerprint density at radius 3 is 2.40 bits per heavy atom. The number of hydrogen-bond donors (Lipinski definition) is 1. The predicted molar refractivity (Wildman–Crippen MR) is 99.1 cm³/mol. The molecule has 0 aromatic heterocycles. The summed E-state index contributed by atoms with van der Waals surface area (Å²) in [6, 6.07) is 12.0. The van der Waals surface area contributed by atoms with Crippen LogP contribution in [0.1, 0.15) is 40.0 Å². The van der Waals surface area contributed by atoms with Crippen molar-refractivity contribution in [1.29, 1.82) is 0 Å². The minimum Gasteiger partial charge on any atom is -0.346 e. The highest BCUT2D eigenvalue weighted by Gasteiger charge is 2.19. The van der Waals surface area contributed by atoms with Crippen LogP contribution in [0.2, 0.25) is 0 Å². The van der Waals surface area contributed by atoms with Crippen LogP contribution in [0, 0.1) is 13.8 Å². The maximum absolute atomic E-state index is 12.6. The molecule has 5 nitrogen and oxygen atoms in total.